The Labute approximate surface area is 91.7 Å². The zero-order valence-electron chi connectivity index (χ0n) is 7.72. The minimum absolute atomic E-state index is 0.756. The van der Waals surface area contributed by atoms with Gasteiger partial charge in [-0.05, 0) is 45.6 Å². The van der Waals surface area contributed by atoms with E-state index in [9.17, 15) is 0 Å². The Morgan fingerprint density at radius 2 is 2.38 bits per heavy atom. The van der Waals surface area contributed by atoms with Crippen molar-refractivity contribution < 1.29 is 0 Å². The second kappa shape index (κ2) is 4.11. The van der Waals surface area contributed by atoms with Crippen LogP contribution in [0.4, 0.5) is 0 Å². The Bertz CT molecular complexity index is 284. The topological polar surface area (TPSA) is 12.0 Å². The number of hydrogen-bond donors (Lipinski definition) is 1. The second-order valence-electron chi connectivity index (χ2n) is 3.79. The lowest BCUT2D eigenvalue weighted by molar-refractivity contribution is 0.228. The van der Waals surface area contributed by atoms with Gasteiger partial charge < -0.3 is 5.32 Å². The highest BCUT2D eigenvalue weighted by molar-refractivity contribution is 9.10. The minimum Gasteiger partial charge on any atom is -0.310 e. The van der Waals surface area contributed by atoms with Gasteiger partial charge in [-0.15, -0.1) is 0 Å². The lowest BCUT2D eigenvalue weighted by atomic mass is 9.81. The second-order valence-corrected chi connectivity index (χ2v) is 5.38. The van der Waals surface area contributed by atoms with E-state index in [1.54, 1.807) is 11.3 Å². The zero-order valence-corrected chi connectivity index (χ0v) is 10.1. The highest BCUT2D eigenvalue weighted by atomic mass is 79.9. The molecule has 1 heterocycles. The fraction of sp³-hybridized carbons (Fsp3) is 0.600. The third-order valence-corrected chi connectivity index (χ3v) is 4.70. The summed E-state index contributed by atoms with van der Waals surface area (Å²) in [7, 11) is 0. The Kier molecular flexibility index (Phi) is 3.06. The van der Waals surface area contributed by atoms with Crippen LogP contribution in [0.3, 0.4) is 0 Å². The van der Waals surface area contributed by atoms with Crippen LogP contribution in [0, 0.1) is 5.92 Å². The molecule has 0 aliphatic heterocycles. The van der Waals surface area contributed by atoms with Crippen molar-refractivity contribution in [2.24, 2.45) is 5.92 Å². The van der Waals surface area contributed by atoms with Crippen LogP contribution in [-0.4, -0.2) is 6.04 Å². The van der Waals surface area contributed by atoms with Crippen LogP contribution in [-0.2, 0) is 6.54 Å². The molecule has 1 aromatic heterocycles. The monoisotopic (exact) mass is 259 g/mol. The highest BCUT2D eigenvalue weighted by Gasteiger charge is 2.25. The third kappa shape index (κ3) is 2.14. The largest absolute Gasteiger partial charge is 0.310 e. The predicted octanol–water partition coefficient (Wildman–Crippen LogP) is 3.40. The lowest BCUT2D eigenvalue weighted by Crippen LogP contribution is -2.41. The van der Waals surface area contributed by atoms with E-state index >= 15 is 0 Å². The molecule has 3 heteroatoms. The van der Waals surface area contributed by atoms with Gasteiger partial charge >= 0.3 is 0 Å². The fourth-order valence-electron chi connectivity index (χ4n) is 1.64. The Balaban J connectivity index is 1.83. The van der Waals surface area contributed by atoms with Gasteiger partial charge in [-0.1, -0.05) is 6.92 Å². The number of hydrogen-bond acceptors (Lipinski definition) is 2. The molecule has 1 aliphatic carbocycles. The Morgan fingerprint density at radius 3 is 2.85 bits per heavy atom. The molecule has 0 saturated heterocycles. The van der Waals surface area contributed by atoms with E-state index in [0.717, 1.165) is 18.5 Å². The van der Waals surface area contributed by atoms with Gasteiger partial charge in [-0.2, -0.15) is 11.3 Å². The van der Waals surface area contributed by atoms with E-state index in [0.29, 0.717) is 0 Å². The molecule has 2 atom stereocenters. The molecule has 1 N–H and O–H groups in total. The summed E-state index contributed by atoms with van der Waals surface area (Å²) < 4.78 is 1.25. The molecule has 1 nitrogen and oxygen atoms in total. The van der Waals surface area contributed by atoms with E-state index in [1.165, 1.54) is 22.9 Å². The molecule has 2 unspecified atom stereocenters. The fourth-order valence-corrected chi connectivity index (χ4v) is 3.09. The summed E-state index contributed by atoms with van der Waals surface area (Å²) in [5.41, 5.74) is 1.39. The van der Waals surface area contributed by atoms with Gasteiger partial charge in [0.2, 0.25) is 0 Å². The van der Waals surface area contributed by atoms with Gasteiger partial charge in [0.05, 0.1) is 0 Å². The molecule has 1 saturated carbocycles. The van der Waals surface area contributed by atoms with E-state index in [2.05, 4.69) is 38.9 Å². The molecule has 1 aromatic rings. The third-order valence-electron chi connectivity index (χ3n) is 2.86. The molecule has 1 aliphatic rings. The van der Waals surface area contributed by atoms with Crippen LogP contribution in [0.25, 0.3) is 0 Å². The van der Waals surface area contributed by atoms with Crippen molar-refractivity contribution in [3.05, 3.63) is 20.8 Å². The summed E-state index contributed by atoms with van der Waals surface area (Å²) in [6.07, 6.45) is 2.74. The molecule has 0 amide bonds. The van der Waals surface area contributed by atoms with Crippen molar-refractivity contribution in [2.75, 3.05) is 0 Å². The van der Waals surface area contributed by atoms with Crippen molar-refractivity contribution in [2.45, 2.75) is 32.4 Å². The zero-order chi connectivity index (χ0) is 9.26. The van der Waals surface area contributed by atoms with E-state index < -0.39 is 0 Å². The van der Waals surface area contributed by atoms with Gasteiger partial charge in [0.25, 0.3) is 0 Å². The van der Waals surface area contributed by atoms with Gasteiger partial charge in [0, 0.05) is 22.4 Å². The summed E-state index contributed by atoms with van der Waals surface area (Å²) in [6, 6.07) is 0.756. The van der Waals surface area contributed by atoms with E-state index in [4.69, 9.17) is 0 Å². The van der Waals surface area contributed by atoms with Crippen LogP contribution in [0.1, 0.15) is 25.3 Å². The van der Waals surface area contributed by atoms with Crippen LogP contribution in [0.2, 0.25) is 0 Å². The maximum Gasteiger partial charge on any atom is 0.0327 e. The highest BCUT2D eigenvalue weighted by Crippen LogP contribution is 2.27. The van der Waals surface area contributed by atoms with Crippen molar-refractivity contribution in [1.29, 1.82) is 0 Å². The smallest absolute Gasteiger partial charge is 0.0327 e. The molecular weight excluding hydrogens is 246 g/mol. The summed E-state index contributed by atoms with van der Waals surface area (Å²) in [5.74, 6) is 0.873. The van der Waals surface area contributed by atoms with Crippen LogP contribution < -0.4 is 5.32 Å². The Hall–Kier alpha value is 0.140. The number of thiophene rings is 1. The molecular formula is C10H14BrNS. The molecule has 13 heavy (non-hydrogen) atoms. The van der Waals surface area contributed by atoms with Crippen molar-refractivity contribution >= 4 is 27.3 Å². The summed E-state index contributed by atoms with van der Waals surface area (Å²) in [4.78, 5) is 0. The first kappa shape index (κ1) is 9.69. The van der Waals surface area contributed by atoms with Crippen molar-refractivity contribution in [1.82, 2.24) is 5.32 Å². The van der Waals surface area contributed by atoms with Gasteiger partial charge in [0.15, 0.2) is 0 Å². The molecule has 72 valence electrons. The molecule has 0 aromatic carbocycles. The van der Waals surface area contributed by atoms with Crippen LogP contribution >= 0.6 is 27.3 Å². The normalized spacial score (nSPS) is 27.2. The van der Waals surface area contributed by atoms with E-state index in [1.807, 2.05) is 0 Å². The standard InChI is InChI=1S/C10H14BrNS/c1-7-2-3-10(7)12-4-8-5-13-6-9(8)11/h5-7,10,12H,2-4H2,1H3. The summed E-state index contributed by atoms with van der Waals surface area (Å²) in [5, 5.41) is 7.94. The lowest BCUT2D eigenvalue weighted by Gasteiger charge is -2.34. The number of rotatable bonds is 3. The molecule has 0 spiro atoms. The van der Waals surface area contributed by atoms with Crippen molar-refractivity contribution in [3.8, 4) is 0 Å². The average Bonchev–Trinajstić information content (AvgIpc) is 2.50. The SMILES string of the molecule is CC1CCC1NCc1cscc1Br. The molecule has 1 fully saturated rings. The molecule has 2 rings (SSSR count). The number of halogens is 1. The first-order valence-electron chi connectivity index (χ1n) is 4.71. The first-order valence-corrected chi connectivity index (χ1v) is 6.45. The maximum absolute atomic E-state index is 3.59. The average molecular weight is 260 g/mol. The van der Waals surface area contributed by atoms with Gasteiger partial charge in [-0.3, -0.25) is 0 Å². The van der Waals surface area contributed by atoms with E-state index in [-0.39, 0.29) is 0 Å². The minimum atomic E-state index is 0.756. The van der Waals surface area contributed by atoms with Gasteiger partial charge in [-0.25, -0.2) is 0 Å². The van der Waals surface area contributed by atoms with Crippen LogP contribution in [0.5, 0.6) is 0 Å². The quantitative estimate of drug-likeness (QED) is 0.878. The summed E-state index contributed by atoms with van der Waals surface area (Å²) in [6.45, 7) is 3.34. The summed E-state index contributed by atoms with van der Waals surface area (Å²) >= 11 is 5.30. The van der Waals surface area contributed by atoms with Crippen molar-refractivity contribution in [3.63, 3.8) is 0 Å². The Morgan fingerprint density at radius 1 is 1.54 bits per heavy atom. The molecule has 0 radical (unpaired) electrons. The van der Waals surface area contributed by atoms with Gasteiger partial charge in [0.1, 0.15) is 0 Å². The predicted molar refractivity (Wildman–Crippen MR) is 61.0 cm³/mol. The first-order chi connectivity index (χ1) is 6.27. The molecule has 0 bridgehead atoms. The number of nitrogens with one attached hydrogen (secondary N) is 1. The van der Waals surface area contributed by atoms with Crippen LogP contribution in [0.15, 0.2) is 15.2 Å². The maximum atomic E-state index is 3.59.